The average Bonchev–Trinajstić information content (AvgIpc) is 2.66. The highest BCUT2D eigenvalue weighted by atomic mass is 16.4. The predicted molar refractivity (Wildman–Crippen MR) is 107 cm³/mol. The third-order valence-corrected chi connectivity index (χ3v) is 4.82. The molecule has 3 N–H and O–H groups in total. The second-order valence-electron chi connectivity index (χ2n) is 6.80. The van der Waals surface area contributed by atoms with Crippen LogP contribution in [0.2, 0.25) is 0 Å². The molecule has 3 aromatic rings. The molecule has 1 aromatic heterocycles. The fourth-order valence-electron chi connectivity index (χ4n) is 3.37. The molecule has 3 rings (SSSR count). The van der Waals surface area contributed by atoms with Gasteiger partial charge in [0.15, 0.2) is 0 Å². The van der Waals surface area contributed by atoms with Crippen molar-refractivity contribution < 1.29 is 19.4 Å². The number of phenols is 1. The molecule has 0 saturated heterocycles. The lowest BCUT2D eigenvalue weighted by atomic mass is 9.96. The van der Waals surface area contributed by atoms with Gasteiger partial charge in [0, 0.05) is 23.7 Å². The van der Waals surface area contributed by atoms with Crippen molar-refractivity contribution in [2.75, 3.05) is 0 Å². The number of aliphatic carboxylic acids is 1. The second kappa shape index (κ2) is 8.27. The van der Waals surface area contributed by atoms with Crippen LogP contribution in [0.15, 0.2) is 51.7 Å². The van der Waals surface area contributed by atoms with E-state index in [1.165, 1.54) is 6.07 Å². The maximum atomic E-state index is 12.0. The molecule has 0 fully saturated rings. The van der Waals surface area contributed by atoms with Crippen molar-refractivity contribution in [3.8, 4) is 16.9 Å². The Morgan fingerprint density at radius 2 is 1.93 bits per heavy atom. The van der Waals surface area contributed by atoms with E-state index in [0.717, 1.165) is 12.0 Å². The Morgan fingerprint density at radius 1 is 1.21 bits per heavy atom. The van der Waals surface area contributed by atoms with Crippen molar-refractivity contribution in [3.63, 3.8) is 0 Å². The number of carboxylic acid groups (broad SMARTS) is 1. The fraction of sp³-hybridized carbons (Fsp3) is 0.273. The molecule has 6 nitrogen and oxygen atoms in total. The van der Waals surface area contributed by atoms with E-state index < -0.39 is 17.6 Å². The summed E-state index contributed by atoms with van der Waals surface area (Å²) in [5.74, 6) is -0.929. The van der Waals surface area contributed by atoms with Crippen LogP contribution in [0.3, 0.4) is 0 Å². The maximum absolute atomic E-state index is 12.0. The van der Waals surface area contributed by atoms with Crippen molar-refractivity contribution in [2.24, 2.45) is 0 Å². The third-order valence-electron chi connectivity index (χ3n) is 4.82. The van der Waals surface area contributed by atoms with Gasteiger partial charge in [0.05, 0.1) is 5.39 Å². The van der Waals surface area contributed by atoms with Gasteiger partial charge in [-0.15, -0.1) is 0 Å². The minimum atomic E-state index is -0.921. The van der Waals surface area contributed by atoms with Crippen LogP contribution in [-0.4, -0.2) is 22.2 Å². The first-order valence-electron chi connectivity index (χ1n) is 9.23. The lowest BCUT2D eigenvalue weighted by molar-refractivity contribution is -0.139. The van der Waals surface area contributed by atoms with Crippen LogP contribution in [-0.2, 0) is 11.3 Å². The predicted octanol–water partition coefficient (Wildman–Crippen LogP) is 3.82. The number of hydrogen-bond donors (Lipinski definition) is 3. The molecule has 1 unspecified atom stereocenters. The maximum Gasteiger partial charge on any atom is 0.336 e. The molecule has 0 saturated carbocycles. The number of carboxylic acids is 1. The Kier molecular flexibility index (Phi) is 5.80. The summed E-state index contributed by atoms with van der Waals surface area (Å²) >= 11 is 0. The minimum absolute atomic E-state index is 0.00857. The van der Waals surface area contributed by atoms with E-state index in [1.54, 1.807) is 13.0 Å². The van der Waals surface area contributed by atoms with Gasteiger partial charge in [-0.3, -0.25) is 4.79 Å². The van der Waals surface area contributed by atoms with Crippen LogP contribution >= 0.6 is 0 Å². The molecule has 0 spiro atoms. The molecule has 0 aliphatic carbocycles. The topological polar surface area (TPSA) is 99.8 Å². The van der Waals surface area contributed by atoms with Gasteiger partial charge in [-0.1, -0.05) is 43.7 Å². The average molecular weight is 381 g/mol. The quantitative estimate of drug-likeness (QED) is 0.538. The van der Waals surface area contributed by atoms with Gasteiger partial charge < -0.3 is 19.9 Å². The summed E-state index contributed by atoms with van der Waals surface area (Å²) < 4.78 is 5.31. The second-order valence-corrected chi connectivity index (χ2v) is 6.80. The van der Waals surface area contributed by atoms with E-state index in [-0.39, 0.29) is 12.3 Å². The molecule has 0 radical (unpaired) electrons. The summed E-state index contributed by atoms with van der Waals surface area (Å²) in [4.78, 5) is 23.4. The summed E-state index contributed by atoms with van der Waals surface area (Å²) in [5.41, 5.74) is 2.47. The molecule has 0 amide bonds. The highest BCUT2D eigenvalue weighted by Gasteiger charge is 2.20. The van der Waals surface area contributed by atoms with Gasteiger partial charge in [-0.05, 0) is 30.5 Å². The summed E-state index contributed by atoms with van der Waals surface area (Å²) in [7, 11) is 0. The molecular weight excluding hydrogens is 358 g/mol. The molecular formula is C22H23NO5. The van der Waals surface area contributed by atoms with Gasteiger partial charge in [-0.25, -0.2) is 4.79 Å². The Bertz CT molecular complexity index is 1060. The number of nitrogens with one attached hydrogen (secondary N) is 1. The van der Waals surface area contributed by atoms with Crippen molar-refractivity contribution in [1.29, 1.82) is 0 Å². The lowest BCUT2D eigenvalue weighted by Crippen LogP contribution is -2.36. The zero-order valence-corrected chi connectivity index (χ0v) is 15.9. The normalized spacial score (nSPS) is 12.2. The number of aryl methyl sites for hydroxylation is 1. The summed E-state index contributed by atoms with van der Waals surface area (Å²) in [6, 6.07) is 11.7. The van der Waals surface area contributed by atoms with Crippen LogP contribution in [0.5, 0.6) is 5.75 Å². The number of carbonyl (C=O) groups is 1. The zero-order chi connectivity index (χ0) is 20.3. The molecule has 1 atom stereocenters. The van der Waals surface area contributed by atoms with Crippen molar-refractivity contribution in [1.82, 2.24) is 5.32 Å². The number of aromatic hydroxyl groups is 1. The molecule has 1 heterocycles. The van der Waals surface area contributed by atoms with E-state index in [9.17, 15) is 19.8 Å². The molecule has 28 heavy (non-hydrogen) atoms. The van der Waals surface area contributed by atoms with E-state index in [0.29, 0.717) is 34.1 Å². The summed E-state index contributed by atoms with van der Waals surface area (Å²) in [6.45, 7) is 3.91. The van der Waals surface area contributed by atoms with Crippen molar-refractivity contribution in [3.05, 3.63) is 64.0 Å². The van der Waals surface area contributed by atoms with Gasteiger partial charge in [-0.2, -0.15) is 0 Å². The van der Waals surface area contributed by atoms with Gasteiger partial charge in [0.25, 0.3) is 0 Å². The summed E-state index contributed by atoms with van der Waals surface area (Å²) in [5, 5.41) is 23.8. The van der Waals surface area contributed by atoms with Crippen LogP contribution in [0.1, 0.15) is 30.9 Å². The standard InChI is InChI=1S/C22H23NO5/c1-3-7-17(22(26)27)23-12-16-13(2)10-18-20(21(16)25)15(11-19(24)28-18)14-8-5-4-6-9-14/h4-6,8-11,17,23,25H,3,7,12H2,1-2H3,(H,26,27). The Hall–Kier alpha value is -3.12. The first-order chi connectivity index (χ1) is 13.4. The lowest BCUT2D eigenvalue weighted by Gasteiger charge is -2.17. The fourth-order valence-corrected chi connectivity index (χ4v) is 3.37. The molecule has 0 aliphatic heterocycles. The van der Waals surface area contributed by atoms with E-state index in [4.69, 9.17) is 4.42 Å². The van der Waals surface area contributed by atoms with Crippen LogP contribution in [0.25, 0.3) is 22.1 Å². The van der Waals surface area contributed by atoms with E-state index in [1.807, 2.05) is 37.3 Å². The SMILES string of the molecule is CCCC(NCc1c(C)cc2oc(=O)cc(-c3ccccc3)c2c1O)C(=O)O. The number of phenolic OH excluding ortho intramolecular Hbond substituents is 1. The molecule has 6 heteroatoms. The highest BCUT2D eigenvalue weighted by Crippen LogP contribution is 2.37. The smallest absolute Gasteiger partial charge is 0.336 e. The molecule has 2 aromatic carbocycles. The molecule has 0 aliphatic rings. The monoisotopic (exact) mass is 381 g/mol. The van der Waals surface area contributed by atoms with Gasteiger partial charge in [0.1, 0.15) is 17.4 Å². The summed E-state index contributed by atoms with van der Waals surface area (Å²) in [6.07, 6.45) is 1.23. The van der Waals surface area contributed by atoms with E-state index in [2.05, 4.69) is 5.32 Å². The van der Waals surface area contributed by atoms with Crippen LogP contribution in [0, 0.1) is 6.92 Å². The Labute approximate surface area is 162 Å². The van der Waals surface area contributed by atoms with E-state index >= 15 is 0 Å². The van der Waals surface area contributed by atoms with Crippen LogP contribution < -0.4 is 10.9 Å². The first-order valence-corrected chi connectivity index (χ1v) is 9.23. The van der Waals surface area contributed by atoms with Gasteiger partial charge in [0.2, 0.25) is 0 Å². The first kappa shape index (κ1) is 19.6. The number of benzene rings is 2. The number of hydrogen-bond acceptors (Lipinski definition) is 5. The number of fused-ring (bicyclic) bond motifs is 1. The Morgan fingerprint density at radius 3 is 2.57 bits per heavy atom. The molecule has 146 valence electrons. The highest BCUT2D eigenvalue weighted by molar-refractivity contribution is 5.98. The zero-order valence-electron chi connectivity index (χ0n) is 15.9. The number of rotatable bonds is 7. The van der Waals surface area contributed by atoms with Crippen molar-refractivity contribution >= 4 is 16.9 Å². The van der Waals surface area contributed by atoms with Crippen LogP contribution in [0.4, 0.5) is 0 Å². The van der Waals surface area contributed by atoms with Crippen molar-refractivity contribution in [2.45, 2.75) is 39.3 Å². The van der Waals surface area contributed by atoms with Gasteiger partial charge >= 0.3 is 11.6 Å². The largest absolute Gasteiger partial charge is 0.507 e. The minimum Gasteiger partial charge on any atom is -0.507 e. The third kappa shape index (κ3) is 3.92. The molecule has 0 bridgehead atoms. The Balaban J connectivity index is 2.12.